The number of Topliss-reactive ketones (excluding diaryl/α,β-unsaturated/α-hetero) is 1. The average Bonchev–Trinajstić information content (AvgIpc) is 2.93. The number of hydrogen-bond donors (Lipinski definition) is 1. The van der Waals surface area contributed by atoms with Crippen LogP contribution in [-0.2, 0) is 16.1 Å². The monoisotopic (exact) mass is 390 g/mol. The van der Waals surface area contributed by atoms with Crippen molar-refractivity contribution in [2.45, 2.75) is 59.2 Å². The standard InChI is InChI=1S/C19H26N4O5/c1-12(2)10-14(21-17(25)27-19(3,4)5)15(24)11-23-16(22-28-18(23)26)13-8-6-7-9-20-13/h6-9,12,14H,10-11H2,1-5H3,(H,21,25)/t14-/m0/s1. The fourth-order valence-electron chi connectivity index (χ4n) is 2.54. The molecule has 0 unspecified atom stereocenters. The molecule has 1 N–H and O–H groups in total. The molecule has 1 atom stereocenters. The molecule has 28 heavy (non-hydrogen) atoms. The van der Waals surface area contributed by atoms with E-state index in [9.17, 15) is 14.4 Å². The van der Waals surface area contributed by atoms with E-state index in [1.807, 2.05) is 13.8 Å². The summed E-state index contributed by atoms with van der Waals surface area (Å²) in [6, 6.07) is 4.30. The van der Waals surface area contributed by atoms with Gasteiger partial charge >= 0.3 is 11.8 Å². The van der Waals surface area contributed by atoms with Crippen LogP contribution >= 0.6 is 0 Å². The van der Waals surface area contributed by atoms with Crippen LogP contribution in [0.15, 0.2) is 33.7 Å². The molecule has 0 aliphatic heterocycles. The average molecular weight is 390 g/mol. The summed E-state index contributed by atoms with van der Waals surface area (Å²) in [7, 11) is 0. The Morgan fingerprint density at radius 2 is 2.00 bits per heavy atom. The predicted octanol–water partition coefficient (Wildman–Crippen LogP) is 2.41. The van der Waals surface area contributed by atoms with Gasteiger partial charge in [-0.25, -0.2) is 14.2 Å². The van der Waals surface area contributed by atoms with E-state index in [1.165, 1.54) is 0 Å². The largest absolute Gasteiger partial charge is 0.444 e. The number of ketones is 1. The summed E-state index contributed by atoms with van der Waals surface area (Å²) in [6.07, 6.45) is 1.26. The number of alkyl carbamates (subject to hydrolysis) is 1. The van der Waals surface area contributed by atoms with Crippen molar-refractivity contribution >= 4 is 11.9 Å². The third kappa shape index (κ3) is 6.04. The summed E-state index contributed by atoms with van der Waals surface area (Å²) >= 11 is 0. The molecule has 0 fully saturated rings. The first-order valence-corrected chi connectivity index (χ1v) is 9.07. The first-order chi connectivity index (χ1) is 13.1. The van der Waals surface area contributed by atoms with Gasteiger partial charge in [0.1, 0.15) is 11.3 Å². The molecule has 0 bridgehead atoms. The number of carbonyl (C=O) groups is 2. The van der Waals surface area contributed by atoms with Gasteiger partial charge in [-0.15, -0.1) is 0 Å². The normalized spacial score (nSPS) is 12.6. The van der Waals surface area contributed by atoms with Crippen molar-refractivity contribution < 1.29 is 18.8 Å². The molecule has 0 saturated carbocycles. The minimum Gasteiger partial charge on any atom is -0.444 e. The number of ether oxygens (including phenoxy) is 1. The Bertz CT molecular complexity index is 864. The van der Waals surface area contributed by atoms with Gasteiger partial charge in [-0.05, 0) is 45.2 Å². The summed E-state index contributed by atoms with van der Waals surface area (Å²) in [5.41, 5.74) is -0.283. The summed E-state index contributed by atoms with van der Waals surface area (Å²) in [6.45, 7) is 8.77. The number of nitrogens with one attached hydrogen (secondary N) is 1. The van der Waals surface area contributed by atoms with Crippen LogP contribution in [0.4, 0.5) is 4.79 Å². The van der Waals surface area contributed by atoms with Gasteiger partial charge in [-0.2, -0.15) is 0 Å². The molecule has 9 nitrogen and oxygen atoms in total. The predicted molar refractivity (Wildman–Crippen MR) is 102 cm³/mol. The highest BCUT2D eigenvalue weighted by Gasteiger charge is 2.27. The van der Waals surface area contributed by atoms with E-state index in [0.717, 1.165) is 4.57 Å². The van der Waals surface area contributed by atoms with E-state index in [0.29, 0.717) is 12.1 Å². The zero-order valence-electron chi connectivity index (χ0n) is 16.8. The molecule has 1 amide bonds. The minimum absolute atomic E-state index is 0.137. The van der Waals surface area contributed by atoms with Crippen LogP contribution < -0.4 is 11.1 Å². The van der Waals surface area contributed by atoms with E-state index >= 15 is 0 Å². The molecule has 2 heterocycles. The molecular weight excluding hydrogens is 364 g/mol. The minimum atomic E-state index is -0.812. The Morgan fingerprint density at radius 1 is 1.29 bits per heavy atom. The molecule has 2 aromatic rings. The zero-order valence-corrected chi connectivity index (χ0v) is 16.8. The summed E-state index contributed by atoms with van der Waals surface area (Å²) < 4.78 is 11.1. The first kappa shape index (κ1) is 21.3. The Morgan fingerprint density at radius 3 is 2.57 bits per heavy atom. The van der Waals surface area contributed by atoms with Crippen LogP contribution in [0.25, 0.3) is 11.5 Å². The summed E-state index contributed by atoms with van der Waals surface area (Å²) in [4.78, 5) is 41.2. The second-order valence-corrected chi connectivity index (χ2v) is 7.87. The van der Waals surface area contributed by atoms with Crippen LogP contribution in [-0.4, -0.2) is 38.2 Å². The molecule has 2 aromatic heterocycles. The molecule has 0 aromatic carbocycles. The van der Waals surface area contributed by atoms with Crippen molar-refractivity contribution in [3.63, 3.8) is 0 Å². The van der Waals surface area contributed by atoms with Crippen molar-refractivity contribution in [2.24, 2.45) is 5.92 Å². The quantitative estimate of drug-likeness (QED) is 0.771. The number of pyridine rings is 1. The van der Waals surface area contributed by atoms with E-state index in [4.69, 9.17) is 9.26 Å². The van der Waals surface area contributed by atoms with Gasteiger partial charge in [-0.1, -0.05) is 25.1 Å². The number of carbonyl (C=O) groups excluding carboxylic acids is 2. The Hall–Kier alpha value is -2.97. The molecule has 0 aliphatic carbocycles. The van der Waals surface area contributed by atoms with E-state index in [2.05, 4.69) is 15.5 Å². The van der Waals surface area contributed by atoms with Crippen LogP contribution in [0.2, 0.25) is 0 Å². The van der Waals surface area contributed by atoms with Crippen LogP contribution in [0, 0.1) is 5.92 Å². The van der Waals surface area contributed by atoms with Crippen molar-refractivity contribution in [1.29, 1.82) is 0 Å². The lowest BCUT2D eigenvalue weighted by Crippen LogP contribution is -2.45. The van der Waals surface area contributed by atoms with Gasteiger partial charge in [0.05, 0.1) is 12.6 Å². The number of nitrogens with zero attached hydrogens (tertiary/aromatic N) is 3. The molecule has 152 valence electrons. The van der Waals surface area contributed by atoms with Crippen LogP contribution in [0.5, 0.6) is 0 Å². The van der Waals surface area contributed by atoms with Gasteiger partial charge in [0.2, 0.25) is 5.82 Å². The Labute approximate surface area is 163 Å². The third-order valence-corrected chi connectivity index (χ3v) is 3.68. The molecule has 0 aliphatic rings. The molecule has 0 radical (unpaired) electrons. The van der Waals surface area contributed by atoms with E-state index in [1.54, 1.807) is 45.2 Å². The lowest BCUT2D eigenvalue weighted by molar-refractivity contribution is -0.122. The highest BCUT2D eigenvalue weighted by atomic mass is 16.6. The second kappa shape index (κ2) is 8.81. The fourth-order valence-corrected chi connectivity index (χ4v) is 2.54. The topological polar surface area (TPSA) is 116 Å². The maximum atomic E-state index is 12.9. The molecule has 2 rings (SSSR count). The molecular formula is C19H26N4O5. The van der Waals surface area contributed by atoms with Crippen LogP contribution in [0.1, 0.15) is 41.0 Å². The zero-order chi connectivity index (χ0) is 20.9. The summed E-state index contributed by atoms with van der Waals surface area (Å²) in [5, 5.41) is 6.32. The fraction of sp³-hybridized carbons (Fsp3) is 0.526. The summed E-state index contributed by atoms with van der Waals surface area (Å²) in [5.74, 6) is -0.838. The Balaban J connectivity index is 2.21. The first-order valence-electron chi connectivity index (χ1n) is 9.07. The lowest BCUT2D eigenvalue weighted by atomic mass is 10.00. The van der Waals surface area contributed by atoms with Crippen molar-refractivity contribution in [3.8, 4) is 11.5 Å². The number of aromatic nitrogens is 3. The maximum absolute atomic E-state index is 12.9. The van der Waals surface area contributed by atoms with Crippen molar-refractivity contribution in [1.82, 2.24) is 20.0 Å². The van der Waals surface area contributed by atoms with E-state index < -0.39 is 23.5 Å². The van der Waals surface area contributed by atoms with Gasteiger partial charge in [0.15, 0.2) is 5.78 Å². The van der Waals surface area contributed by atoms with Crippen LogP contribution in [0.3, 0.4) is 0 Å². The van der Waals surface area contributed by atoms with E-state index in [-0.39, 0.29) is 24.1 Å². The SMILES string of the molecule is CC(C)C[C@H](NC(=O)OC(C)(C)C)C(=O)Cn1c(-c2ccccn2)noc1=O. The smallest absolute Gasteiger partial charge is 0.442 e. The number of hydrogen-bond acceptors (Lipinski definition) is 7. The highest BCUT2D eigenvalue weighted by molar-refractivity contribution is 5.87. The van der Waals surface area contributed by atoms with Gasteiger partial charge < -0.3 is 10.1 Å². The van der Waals surface area contributed by atoms with Crippen molar-refractivity contribution in [2.75, 3.05) is 0 Å². The molecule has 9 heteroatoms. The second-order valence-electron chi connectivity index (χ2n) is 7.87. The Kier molecular flexibility index (Phi) is 6.71. The highest BCUT2D eigenvalue weighted by Crippen LogP contribution is 2.14. The third-order valence-electron chi connectivity index (χ3n) is 3.68. The van der Waals surface area contributed by atoms with Gasteiger partial charge in [0.25, 0.3) is 0 Å². The molecule has 0 spiro atoms. The van der Waals surface area contributed by atoms with Gasteiger partial charge in [0, 0.05) is 6.20 Å². The van der Waals surface area contributed by atoms with Crippen molar-refractivity contribution in [3.05, 3.63) is 34.9 Å². The number of amides is 1. The lowest BCUT2D eigenvalue weighted by Gasteiger charge is -2.24. The molecule has 0 saturated heterocycles. The maximum Gasteiger partial charge on any atom is 0.442 e. The van der Waals surface area contributed by atoms with Gasteiger partial charge in [-0.3, -0.25) is 14.3 Å². The number of rotatable bonds is 7.